The molecule has 0 aromatic carbocycles. The number of pyridine rings is 1. The van der Waals surface area contributed by atoms with Gasteiger partial charge in [0.15, 0.2) is 0 Å². The highest BCUT2D eigenvalue weighted by atomic mass is 19.4. The zero-order valence-corrected chi connectivity index (χ0v) is 11.2. The lowest BCUT2D eigenvalue weighted by molar-refractivity contribution is -0.138. The lowest BCUT2D eigenvalue weighted by Gasteiger charge is -2.28. The number of halogens is 3. The quantitative estimate of drug-likeness (QED) is 0.898. The highest BCUT2D eigenvalue weighted by molar-refractivity contribution is 5.30. The Kier molecular flexibility index (Phi) is 5.31. The first-order valence-corrected chi connectivity index (χ1v) is 6.17. The molecule has 19 heavy (non-hydrogen) atoms. The number of aromatic nitrogens is 1. The van der Waals surface area contributed by atoms with Crippen LogP contribution in [0.3, 0.4) is 0 Å². The summed E-state index contributed by atoms with van der Waals surface area (Å²) in [5, 5.41) is 0. The second kappa shape index (κ2) is 6.34. The largest absolute Gasteiger partial charge is 0.416 e. The van der Waals surface area contributed by atoms with Gasteiger partial charge in [-0.3, -0.25) is 4.98 Å². The molecule has 6 heteroatoms. The molecule has 1 aromatic rings. The Labute approximate surface area is 111 Å². The zero-order valence-electron chi connectivity index (χ0n) is 11.2. The van der Waals surface area contributed by atoms with E-state index >= 15 is 0 Å². The third kappa shape index (κ3) is 3.91. The van der Waals surface area contributed by atoms with Crippen molar-refractivity contribution in [1.82, 2.24) is 4.98 Å². The summed E-state index contributed by atoms with van der Waals surface area (Å²) in [6, 6.07) is 0.0868. The molecule has 0 spiro atoms. The van der Waals surface area contributed by atoms with Crippen molar-refractivity contribution in [3.8, 4) is 0 Å². The maximum atomic E-state index is 12.9. The van der Waals surface area contributed by atoms with Crippen molar-refractivity contribution in [2.45, 2.75) is 39.1 Å². The van der Waals surface area contributed by atoms with E-state index in [0.29, 0.717) is 6.61 Å². The first kappa shape index (κ1) is 15.9. The molecule has 3 nitrogen and oxygen atoms in total. The summed E-state index contributed by atoms with van der Waals surface area (Å²) in [6.45, 7) is 5.92. The summed E-state index contributed by atoms with van der Waals surface area (Å²) in [4.78, 5) is 3.75. The fourth-order valence-corrected chi connectivity index (χ4v) is 2.01. The smallest absolute Gasteiger partial charge is 0.376 e. The molecule has 1 rings (SSSR count). The van der Waals surface area contributed by atoms with Gasteiger partial charge in [0.05, 0.1) is 17.7 Å². The van der Waals surface area contributed by atoms with Crippen LogP contribution in [-0.2, 0) is 10.9 Å². The Morgan fingerprint density at radius 2 is 2.00 bits per heavy atom. The number of nitrogens with zero attached hydrogens (tertiary/aromatic N) is 1. The zero-order chi connectivity index (χ0) is 14.6. The number of hydrogen-bond acceptors (Lipinski definition) is 3. The SMILES string of the molecule is CCOC(C(C)C)C(N)c1cnccc1C(F)(F)F. The van der Waals surface area contributed by atoms with Crippen LogP contribution < -0.4 is 5.73 Å². The molecule has 0 aliphatic heterocycles. The Hall–Kier alpha value is -1.14. The monoisotopic (exact) mass is 276 g/mol. The summed E-state index contributed by atoms with van der Waals surface area (Å²) >= 11 is 0. The summed E-state index contributed by atoms with van der Waals surface area (Å²) < 4.78 is 44.3. The normalized spacial score (nSPS) is 15.6. The summed E-state index contributed by atoms with van der Waals surface area (Å²) in [6.07, 6.45) is -2.63. The molecule has 0 aliphatic rings. The average molecular weight is 276 g/mol. The molecule has 1 heterocycles. The average Bonchev–Trinajstić information content (AvgIpc) is 2.33. The van der Waals surface area contributed by atoms with Gasteiger partial charge in [0, 0.05) is 24.6 Å². The molecule has 108 valence electrons. The van der Waals surface area contributed by atoms with Crippen molar-refractivity contribution in [2.75, 3.05) is 6.61 Å². The van der Waals surface area contributed by atoms with Crippen LogP contribution in [0.2, 0.25) is 0 Å². The van der Waals surface area contributed by atoms with Crippen molar-refractivity contribution in [2.24, 2.45) is 11.7 Å². The van der Waals surface area contributed by atoms with Crippen LogP contribution >= 0.6 is 0 Å². The molecular weight excluding hydrogens is 257 g/mol. The summed E-state index contributed by atoms with van der Waals surface area (Å²) in [5.41, 5.74) is 5.18. The number of alkyl halides is 3. The second-order valence-corrected chi connectivity index (χ2v) is 4.65. The van der Waals surface area contributed by atoms with Crippen LogP contribution in [0.15, 0.2) is 18.5 Å². The van der Waals surface area contributed by atoms with E-state index < -0.39 is 23.9 Å². The van der Waals surface area contributed by atoms with E-state index in [0.717, 1.165) is 12.3 Å². The van der Waals surface area contributed by atoms with Crippen LogP contribution in [-0.4, -0.2) is 17.7 Å². The predicted molar refractivity (Wildman–Crippen MR) is 66.4 cm³/mol. The number of ether oxygens (including phenoxy) is 1. The van der Waals surface area contributed by atoms with E-state index in [9.17, 15) is 13.2 Å². The van der Waals surface area contributed by atoms with Crippen LogP contribution in [0.25, 0.3) is 0 Å². The van der Waals surface area contributed by atoms with Crippen molar-refractivity contribution in [3.05, 3.63) is 29.6 Å². The fraction of sp³-hybridized carbons (Fsp3) is 0.615. The van der Waals surface area contributed by atoms with E-state index in [-0.39, 0.29) is 11.5 Å². The van der Waals surface area contributed by atoms with Gasteiger partial charge in [-0.25, -0.2) is 0 Å². The Bertz CT molecular complexity index is 407. The Balaban J connectivity index is 3.14. The van der Waals surface area contributed by atoms with Gasteiger partial charge in [0.1, 0.15) is 0 Å². The van der Waals surface area contributed by atoms with Gasteiger partial charge in [-0.05, 0) is 18.9 Å². The maximum Gasteiger partial charge on any atom is 0.416 e. The molecule has 2 N–H and O–H groups in total. The minimum Gasteiger partial charge on any atom is -0.376 e. The molecule has 0 fully saturated rings. The third-order valence-electron chi connectivity index (χ3n) is 2.89. The number of hydrogen-bond donors (Lipinski definition) is 1. The van der Waals surface area contributed by atoms with Gasteiger partial charge in [0.2, 0.25) is 0 Å². The van der Waals surface area contributed by atoms with Crippen LogP contribution in [0, 0.1) is 5.92 Å². The number of nitrogens with two attached hydrogens (primary N) is 1. The fourth-order valence-electron chi connectivity index (χ4n) is 2.01. The van der Waals surface area contributed by atoms with Crippen LogP contribution in [0.5, 0.6) is 0 Å². The molecule has 2 unspecified atom stereocenters. The minimum absolute atomic E-state index is 0.0104. The molecule has 0 saturated carbocycles. The third-order valence-corrected chi connectivity index (χ3v) is 2.89. The lowest BCUT2D eigenvalue weighted by Crippen LogP contribution is -2.35. The molecule has 0 aliphatic carbocycles. The molecule has 0 bridgehead atoms. The predicted octanol–water partition coefficient (Wildman–Crippen LogP) is 3.16. The van der Waals surface area contributed by atoms with Crippen LogP contribution in [0.1, 0.15) is 37.9 Å². The van der Waals surface area contributed by atoms with E-state index in [1.165, 1.54) is 6.20 Å². The standard InChI is InChI=1S/C13H19F3N2O/c1-4-19-12(8(2)3)11(17)9-7-18-6-5-10(9)13(14,15)16/h5-8,11-12H,4,17H2,1-3H3. The lowest BCUT2D eigenvalue weighted by atomic mass is 9.92. The molecule has 0 radical (unpaired) electrons. The molecule has 1 aromatic heterocycles. The van der Waals surface area contributed by atoms with Crippen molar-refractivity contribution < 1.29 is 17.9 Å². The molecule has 0 amide bonds. The molecular formula is C13H19F3N2O. The topological polar surface area (TPSA) is 48.1 Å². The minimum atomic E-state index is -4.44. The summed E-state index contributed by atoms with van der Waals surface area (Å²) in [5.74, 6) is 0.0104. The van der Waals surface area contributed by atoms with E-state index in [4.69, 9.17) is 10.5 Å². The van der Waals surface area contributed by atoms with Gasteiger partial charge in [-0.1, -0.05) is 13.8 Å². The van der Waals surface area contributed by atoms with E-state index in [1.54, 1.807) is 6.92 Å². The van der Waals surface area contributed by atoms with Crippen molar-refractivity contribution in [1.29, 1.82) is 0 Å². The highest BCUT2D eigenvalue weighted by Crippen LogP contribution is 2.35. The van der Waals surface area contributed by atoms with Gasteiger partial charge in [-0.2, -0.15) is 13.2 Å². The maximum absolute atomic E-state index is 12.9. The first-order chi connectivity index (χ1) is 8.79. The Morgan fingerprint density at radius 3 is 2.47 bits per heavy atom. The van der Waals surface area contributed by atoms with Gasteiger partial charge < -0.3 is 10.5 Å². The Morgan fingerprint density at radius 1 is 1.37 bits per heavy atom. The highest BCUT2D eigenvalue weighted by Gasteiger charge is 2.36. The van der Waals surface area contributed by atoms with E-state index in [1.807, 2.05) is 13.8 Å². The number of rotatable bonds is 5. The molecule has 2 atom stereocenters. The van der Waals surface area contributed by atoms with Crippen molar-refractivity contribution in [3.63, 3.8) is 0 Å². The molecule has 0 saturated heterocycles. The summed E-state index contributed by atoms with van der Waals surface area (Å²) in [7, 11) is 0. The first-order valence-electron chi connectivity index (χ1n) is 6.17. The van der Waals surface area contributed by atoms with Gasteiger partial charge >= 0.3 is 6.18 Å². The van der Waals surface area contributed by atoms with Gasteiger partial charge in [-0.15, -0.1) is 0 Å². The van der Waals surface area contributed by atoms with E-state index in [2.05, 4.69) is 4.98 Å². The second-order valence-electron chi connectivity index (χ2n) is 4.65. The van der Waals surface area contributed by atoms with Crippen molar-refractivity contribution >= 4 is 0 Å². The van der Waals surface area contributed by atoms with Gasteiger partial charge in [0.25, 0.3) is 0 Å². The van der Waals surface area contributed by atoms with Crippen LogP contribution in [0.4, 0.5) is 13.2 Å².